The summed E-state index contributed by atoms with van der Waals surface area (Å²) in [5.74, 6) is 0. The van der Waals surface area contributed by atoms with Gasteiger partial charge in [0.05, 0.1) is 0 Å². The number of aliphatic hydroxyl groups excluding tert-OH is 4. The first-order valence-corrected chi connectivity index (χ1v) is 9.69. The summed E-state index contributed by atoms with van der Waals surface area (Å²) in [5, 5.41) is 36.3. The zero-order valence-corrected chi connectivity index (χ0v) is 15.9. The molecule has 0 amide bonds. The van der Waals surface area contributed by atoms with E-state index in [0.717, 1.165) is 65.0 Å². The van der Waals surface area contributed by atoms with Crippen molar-refractivity contribution in [2.75, 3.05) is 52.6 Å². The standard InChI is InChI=1S/C20H36N2O4/c23-12-2-8-21(9-3-13-24)17-19-6-1-7-20(16-19)18-22(10-4-14-25)11-5-15-26/h1,6-7,16,23-26H,2-5,8-15,17-18H2. The van der Waals surface area contributed by atoms with Gasteiger partial charge in [-0.1, -0.05) is 24.3 Å². The molecule has 0 fully saturated rings. The third kappa shape index (κ3) is 10.2. The molecule has 0 aliphatic rings. The van der Waals surface area contributed by atoms with E-state index in [9.17, 15) is 0 Å². The van der Waals surface area contributed by atoms with E-state index < -0.39 is 0 Å². The van der Waals surface area contributed by atoms with Crippen molar-refractivity contribution in [2.45, 2.75) is 38.8 Å². The first-order chi connectivity index (χ1) is 12.7. The van der Waals surface area contributed by atoms with E-state index >= 15 is 0 Å². The maximum Gasteiger partial charge on any atom is 0.0443 e. The predicted molar refractivity (Wildman–Crippen MR) is 104 cm³/mol. The molecule has 0 aliphatic carbocycles. The first kappa shape index (κ1) is 23.0. The van der Waals surface area contributed by atoms with Gasteiger partial charge in [0.2, 0.25) is 0 Å². The van der Waals surface area contributed by atoms with Crippen LogP contribution in [0.15, 0.2) is 24.3 Å². The Morgan fingerprint density at radius 2 is 0.923 bits per heavy atom. The second-order valence-corrected chi connectivity index (χ2v) is 6.68. The Bertz CT molecular complexity index is 406. The van der Waals surface area contributed by atoms with Gasteiger partial charge in [-0.2, -0.15) is 0 Å². The van der Waals surface area contributed by atoms with E-state index in [2.05, 4.69) is 34.1 Å². The minimum absolute atomic E-state index is 0.181. The van der Waals surface area contributed by atoms with Crippen LogP contribution in [-0.4, -0.2) is 82.8 Å². The molecule has 0 unspecified atom stereocenters. The highest BCUT2D eigenvalue weighted by atomic mass is 16.3. The van der Waals surface area contributed by atoms with E-state index in [1.807, 2.05) is 0 Å². The lowest BCUT2D eigenvalue weighted by Crippen LogP contribution is -2.28. The third-order valence-corrected chi connectivity index (χ3v) is 4.33. The molecule has 4 N–H and O–H groups in total. The van der Waals surface area contributed by atoms with Crippen molar-refractivity contribution in [2.24, 2.45) is 0 Å². The topological polar surface area (TPSA) is 87.4 Å². The van der Waals surface area contributed by atoms with Gasteiger partial charge >= 0.3 is 0 Å². The van der Waals surface area contributed by atoms with Crippen molar-refractivity contribution in [1.29, 1.82) is 0 Å². The molecule has 1 aromatic carbocycles. The van der Waals surface area contributed by atoms with Gasteiger partial charge in [0, 0.05) is 65.7 Å². The zero-order chi connectivity index (χ0) is 19.0. The molecule has 0 radical (unpaired) electrons. The minimum Gasteiger partial charge on any atom is -0.396 e. The van der Waals surface area contributed by atoms with E-state index in [0.29, 0.717) is 0 Å². The minimum atomic E-state index is 0.181. The monoisotopic (exact) mass is 368 g/mol. The van der Waals surface area contributed by atoms with Crippen LogP contribution in [0.3, 0.4) is 0 Å². The summed E-state index contributed by atoms with van der Waals surface area (Å²) in [6, 6.07) is 8.49. The van der Waals surface area contributed by atoms with Crippen LogP contribution in [0.1, 0.15) is 36.8 Å². The van der Waals surface area contributed by atoms with Crippen molar-refractivity contribution >= 4 is 0 Å². The van der Waals surface area contributed by atoms with Crippen molar-refractivity contribution in [3.05, 3.63) is 35.4 Å². The largest absolute Gasteiger partial charge is 0.396 e. The summed E-state index contributed by atoms with van der Waals surface area (Å²) in [5.41, 5.74) is 2.45. The number of benzene rings is 1. The smallest absolute Gasteiger partial charge is 0.0443 e. The Hall–Kier alpha value is -1.02. The lowest BCUT2D eigenvalue weighted by Gasteiger charge is -2.24. The molecule has 1 rings (SSSR count). The summed E-state index contributed by atoms with van der Waals surface area (Å²) >= 11 is 0. The summed E-state index contributed by atoms with van der Waals surface area (Å²) in [4.78, 5) is 4.53. The van der Waals surface area contributed by atoms with Crippen molar-refractivity contribution in [1.82, 2.24) is 9.80 Å². The number of hydrogen-bond donors (Lipinski definition) is 4. The second kappa shape index (κ2) is 15.1. The van der Waals surface area contributed by atoms with Gasteiger partial charge in [0.25, 0.3) is 0 Å². The average Bonchev–Trinajstić information content (AvgIpc) is 2.66. The highest BCUT2D eigenvalue weighted by molar-refractivity contribution is 5.23. The lowest BCUT2D eigenvalue weighted by atomic mass is 10.1. The molecule has 0 aliphatic heterocycles. The molecule has 26 heavy (non-hydrogen) atoms. The normalized spacial score (nSPS) is 11.6. The Balaban J connectivity index is 2.67. The molecule has 0 saturated carbocycles. The molecule has 1 aromatic rings. The fourth-order valence-electron chi connectivity index (χ4n) is 3.06. The van der Waals surface area contributed by atoms with E-state index in [-0.39, 0.29) is 26.4 Å². The molecule has 0 saturated heterocycles. The van der Waals surface area contributed by atoms with Gasteiger partial charge in [0.15, 0.2) is 0 Å². The zero-order valence-electron chi connectivity index (χ0n) is 15.9. The molecule has 0 aromatic heterocycles. The van der Waals surface area contributed by atoms with Crippen molar-refractivity contribution in [3.63, 3.8) is 0 Å². The van der Waals surface area contributed by atoms with Gasteiger partial charge in [-0.15, -0.1) is 0 Å². The second-order valence-electron chi connectivity index (χ2n) is 6.68. The van der Waals surface area contributed by atoms with Crippen molar-refractivity contribution < 1.29 is 20.4 Å². The fourth-order valence-corrected chi connectivity index (χ4v) is 3.06. The van der Waals surface area contributed by atoms with Gasteiger partial charge in [-0.05, 0) is 36.8 Å². The van der Waals surface area contributed by atoms with Crippen LogP contribution in [0.4, 0.5) is 0 Å². The lowest BCUT2D eigenvalue weighted by molar-refractivity contribution is 0.195. The predicted octanol–water partition coefficient (Wildman–Crippen LogP) is 0.820. The third-order valence-electron chi connectivity index (χ3n) is 4.33. The van der Waals surface area contributed by atoms with Gasteiger partial charge in [-0.25, -0.2) is 0 Å². The summed E-state index contributed by atoms with van der Waals surface area (Å²) in [6.07, 6.45) is 2.95. The SMILES string of the molecule is OCCCN(CCCO)Cc1cccc(CN(CCCO)CCCO)c1. The van der Waals surface area contributed by atoms with E-state index in [1.54, 1.807) is 0 Å². The summed E-state index contributed by atoms with van der Waals surface area (Å²) in [6.45, 7) is 5.61. The maximum atomic E-state index is 9.07. The van der Waals surface area contributed by atoms with Crippen LogP contribution in [0.25, 0.3) is 0 Å². The molecule has 6 nitrogen and oxygen atoms in total. The average molecular weight is 369 g/mol. The highest BCUT2D eigenvalue weighted by Gasteiger charge is 2.09. The molecule has 0 heterocycles. The Labute approximate surface area is 157 Å². The van der Waals surface area contributed by atoms with Gasteiger partial charge < -0.3 is 20.4 Å². The van der Waals surface area contributed by atoms with E-state index in [1.165, 1.54) is 11.1 Å². The van der Waals surface area contributed by atoms with Gasteiger partial charge in [0.1, 0.15) is 0 Å². The quantitative estimate of drug-likeness (QED) is 0.346. The van der Waals surface area contributed by atoms with Crippen LogP contribution in [0, 0.1) is 0 Å². The molecule has 0 spiro atoms. The number of aliphatic hydroxyl groups is 4. The van der Waals surface area contributed by atoms with Crippen LogP contribution in [-0.2, 0) is 13.1 Å². The van der Waals surface area contributed by atoms with Crippen LogP contribution in [0.2, 0.25) is 0 Å². The Morgan fingerprint density at radius 1 is 0.577 bits per heavy atom. The Kier molecular flexibility index (Phi) is 13.4. The number of rotatable bonds is 16. The number of nitrogens with zero attached hydrogens (tertiary/aromatic N) is 2. The molecular formula is C20H36N2O4. The van der Waals surface area contributed by atoms with Gasteiger partial charge in [-0.3, -0.25) is 9.80 Å². The molecule has 0 atom stereocenters. The summed E-state index contributed by atoms with van der Waals surface area (Å²) < 4.78 is 0. The molecule has 0 bridgehead atoms. The Morgan fingerprint density at radius 3 is 1.23 bits per heavy atom. The van der Waals surface area contributed by atoms with Crippen LogP contribution < -0.4 is 0 Å². The van der Waals surface area contributed by atoms with Crippen LogP contribution in [0.5, 0.6) is 0 Å². The number of hydrogen-bond acceptors (Lipinski definition) is 6. The van der Waals surface area contributed by atoms with E-state index in [4.69, 9.17) is 20.4 Å². The highest BCUT2D eigenvalue weighted by Crippen LogP contribution is 2.12. The maximum absolute atomic E-state index is 9.07. The van der Waals surface area contributed by atoms with Crippen LogP contribution >= 0.6 is 0 Å². The molecular weight excluding hydrogens is 332 g/mol. The first-order valence-electron chi connectivity index (χ1n) is 9.69. The van der Waals surface area contributed by atoms with Crippen molar-refractivity contribution in [3.8, 4) is 0 Å². The molecule has 150 valence electrons. The fraction of sp³-hybridized carbons (Fsp3) is 0.700. The molecule has 6 heteroatoms. The summed E-state index contributed by atoms with van der Waals surface area (Å²) in [7, 11) is 0.